The first-order valence-electron chi connectivity index (χ1n) is 6.75. The van der Waals surface area contributed by atoms with Crippen molar-refractivity contribution in [2.24, 2.45) is 0 Å². The second-order valence-corrected chi connectivity index (χ2v) is 6.88. The lowest BCUT2D eigenvalue weighted by molar-refractivity contribution is 0.508. The Balaban J connectivity index is 2.53. The van der Waals surface area contributed by atoms with Gasteiger partial charge in [-0.1, -0.05) is 31.5 Å². The lowest BCUT2D eigenvalue weighted by atomic mass is 10.2. The molecule has 0 bridgehead atoms. The van der Waals surface area contributed by atoms with E-state index in [1.165, 1.54) is 5.56 Å². The minimum absolute atomic E-state index is 0.187. The fourth-order valence-corrected chi connectivity index (χ4v) is 3.30. The Bertz CT molecular complexity index is 375. The van der Waals surface area contributed by atoms with Gasteiger partial charge in [0.1, 0.15) is 0 Å². The van der Waals surface area contributed by atoms with Gasteiger partial charge in [0.25, 0.3) is 0 Å². The van der Waals surface area contributed by atoms with Crippen LogP contribution < -0.4 is 5.32 Å². The normalized spacial score (nSPS) is 16.2. The second kappa shape index (κ2) is 7.70. The van der Waals surface area contributed by atoms with E-state index in [-0.39, 0.29) is 5.25 Å². The fourth-order valence-electron chi connectivity index (χ4n) is 1.96. The van der Waals surface area contributed by atoms with Crippen molar-refractivity contribution in [3.05, 3.63) is 29.8 Å². The number of rotatable bonds is 7. The molecule has 0 fully saturated rings. The van der Waals surface area contributed by atoms with Gasteiger partial charge in [-0.25, -0.2) is 0 Å². The fraction of sp³-hybridized carbons (Fsp3) is 0.600. The molecule has 1 N–H and O–H groups in total. The topological polar surface area (TPSA) is 29.1 Å². The van der Waals surface area contributed by atoms with Crippen molar-refractivity contribution in [2.75, 3.05) is 6.54 Å². The van der Waals surface area contributed by atoms with Crippen LogP contribution in [0.4, 0.5) is 0 Å². The third kappa shape index (κ3) is 4.91. The summed E-state index contributed by atoms with van der Waals surface area (Å²) in [4.78, 5) is 0.941. The van der Waals surface area contributed by atoms with Gasteiger partial charge < -0.3 is 5.32 Å². The minimum atomic E-state index is -0.903. The Morgan fingerprint density at radius 2 is 1.83 bits per heavy atom. The molecule has 0 aliphatic rings. The van der Waals surface area contributed by atoms with Crippen molar-refractivity contribution in [2.45, 2.75) is 56.7 Å². The smallest absolute Gasteiger partial charge is 0.0558 e. The van der Waals surface area contributed by atoms with Gasteiger partial charge in [0.2, 0.25) is 0 Å². The maximum atomic E-state index is 12.3. The molecule has 102 valence electrons. The lowest BCUT2D eigenvalue weighted by Gasteiger charge is -2.18. The van der Waals surface area contributed by atoms with Crippen molar-refractivity contribution < 1.29 is 4.21 Å². The molecule has 0 amide bonds. The van der Waals surface area contributed by atoms with Crippen molar-refractivity contribution >= 4 is 10.8 Å². The summed E-state index contributed by atoms with van der Waals surface area (Å²) < 4.78 is 12.3. The predicted octanol–water partition coefficient (Wildman–Crippen LogP) is 3.27. The molecule has 0 aromatic heterocycles. The molecule has 3 heteroatoms. The summed E-state index contributed by atoms with van der Waals surface area (Å²) in [5.74, 6) is 0. The Hall–Kier alpha value is -0.670. The Kier molecular flexibility index (Phi) is 6.58. The van der Waals surface area contributed by atoms with Gasteiger partial charge in [0.15, 0.2) is 0 Å². The van der Waals surface area contributed by atoms with Crippen molar-refractivity contribution in [3.63, 3.8) is 0 Å². The molecule has 0 saturated carbocycles. The highest BCUT2D eigenvalue weighted by atomic mass is 32.2. The summed E-state index contributed by atoms with van der Waals surface area (Å²) in [6.07, 6.45) is 2.08. The van der Waals surface area contributed by atoms with E-state index in [4.69, 9.17) is 0 Å². The van der Waals surface area contributed by atoms with Crippen LogP contribution in [-0.4, -0.2) is 22.0 Å². The van der Waals surface area contributed by atoms with E-state index in [0.717, 1.165) is 24.3 Å². The molecule has 2 nitrogen and oxygen atoms in total. The van der Waals surface area contributed by atoms with E-state index >= 15 is 0 Å². The van der Waals surface area contributed by atoms with E-state index < -0.39 is 10.8 Å². The molecular weight excluding hydrogens is 242 g/mol. The van der Waals surface area contributed by atoms with Crippen LogP contribution in [0.25, 0.3) is 0 Å². The average molecular weight is 267 g/mol. The zero-order chi connectivity index (χ0) is 13.5. The highest BCUT2D eigenvalue weighted by Gasteiger charge is 2.16. The standard InChI is InChI=1S/C15H25NOS/c1-5-10-16-13(3)11-14(4)18(17)15-8-6-12(2)7-9-15/h6-9,13-14,16H,5,10-11H2,1-4H3. The molecule has 3 unspecified atom stereocenters. The molecule has 0 aliphatic heterocycles. The Morgan fingerprint density at radius 1 is 1.22 bits per heavy atom. The number of aryl methyl sites for hydroxylation is 1. The predicted molar refractivity (Wildman–Crippen MR) is 79.4 cm³/mol. The number of nitrogens with one attached hydrogen (secondary N) is 1. The summed E-state index contributed by atoms with van der Waals surface area (Å²) >= 11 is 0. The quantitative estimate of drug-likeness (QED) is 0.821. The second-order valence-electron chi connectivity index (χ2n) is 5.01. The average Bonchev–Trinajstić information content (AvgIpc) is 2.36. The molecule has 0 radical (unpaired) electrons. The van der Waals surface area contributed by atoms with Gasteiger partial charge in [0, 0.05) is 16.2 Å². The molecule has 18 heavy (non-hydrogen) atoms. The molecule has 1 aromatic rings. The lowest BCUT2D eigenvalue weighted by Crippen LogP contribution is -2.31. The molecule has 3 atom stereocenters. The van der Waals surface area contributed by atoms with Crippen LogP contribution in [0.1, 0.15) is 39.2 Å². The van der Waals surface area contributed by atoms with Crippen LogP contribution in [0.2, 0.25) is 0 Å². The Labute approximate surface area is 114 Å². The summed E-state index contributed by atoms with van der Waals surface area (Å²) in [6.45, 7) is 9.48. The van der Waals surface area contributed by atoms with Crippen molar-refractivity contribution in [1.82, 2.24) is 5.32 Å². The SMILES string of the molecule is CCCNC(C)CC(C)S(=O)c1ccc(C)cc1. The van der Waals surface area contributed by atoms with Crippen LogP contribution >= 0.6 is 0 Å². The first-order valence-corrected chi connectivity index (χ1v) is 7.96. The van der Waals surface area contributed by atoms with Gasteiger partial charge in [-0.2, -0.15) is 0 Å². The molecule has 1 aromatic carbocycles. The third-order valence-corrected chi connectivity index (χ3v) is 4.71. The molecule has 0 heterocycles. The number of hydrogen-bond donors (Lipinski definition) is 1. The van der Waals surface area contributed by atoms with Gasteiger partial charge in [-0.3, -0.25) is 4.21 Å². The maximum absolute atomic E-state index is 12.3. The van der Waals surface area contributed by atoms with Gasteiger partial charge in [0.05, 0.1) is 10.8 Å². The number of hydrogen-bond acceptors (Lipinski definition) is 2. The molecule has 1 rings (SSSR count). The van der Waals surface area contributed by atoms with E-state index in [0.29, 0.717) is 6.04 Å². The highest BCUT2D eigenvalue weighted by Crippen LogP contribution is 2.15. The first kappa shape index (κ1) is 15.4. The molecule has 0 saturated heterocycles. The van der Waals surface area contributed by atoms with Crippen LogP contribution in [0, 0.1) is 6.92 Å². The maximum Gasteiger partial charge on any atom is 0.0558 e. The van der Waals surface area contributed by atoms with Crippen LogP contribution in [0.5, 0.6) is 0 Å². The van der Waals surface area contributed by atoms with Gasteiger partial charge in [-0.15, -0.1) is 0 Å². The van der Waals surface area contributed by atoms with Crippen LogP contribution in [0.3, 0.4) is 0 Å². The highest BCUT2D eigenvalue weighted by molar-refractivity contribution is 7.85. The van der Waals surface area contributed by atoms with E-state index in [1.54, 1.807) is 0 Å². The summed E-state index contributed by atoms with van der Waals surface area (Å²) in [5, 5.41) is 3.63. The molecular formula is C15H25NOS. The van der Waals surface area contributed by atoms with E-state index in [9.17, 15) is 4.21 Å². The van der Waals surface area contributed by atoms with Gasteiger partial charge >= 0.3 is 0 Å². The zero-order valence-electron chi connectivity index (χ0n) is 11.9. The number of benzene rings is 1. The largest absolute Gasteiger partial charge is 0.314 e. The summed E-state index contributed by atoms with van der Waals surface area (Å²) in [7, 11) is -0.903. The molecule has 0 aliphatic carbocycles. The monoisotopic (exact) mass is 267 g/mol. The van der Waals surface area contributed by atoms with Crippen LogP contribution in [-0.2, 0) is 10.8 Å². The summed E-state index contributed by atoms with van der Waals surface area (Å²) in [5.41, 5.74) is 1.21. The first-order chi connectivity index (χ1) is 8.54. The zero-order valence-corrected chi connectivity index (χ0v) is 12.7. The van der Waals surface area contributed by atoms with Gasteiger partial charge in [-0.05, 0) is 45.4 Å². The molecule has 0 spiro atoms. The summed E-state index contributed by atoms with van der Waals surface area (Å²) in [6, 6.07) is 8.43. The minimum Gasteiger partial charge on any atom is -0.314 e. The van der Waals surface area contributed by atoms with E-state index in [1.807, 2.05) is 31.2 Å². The van der Waals surface area contributed by atoms with Crippen molar-refractivity contribution in [3.8, 4) is 0 Å². The van der Waals surface area contributed by atoms with Crippen LogP contribution in [0.15, 0.2) is 29.2 Å². The third-order valence-electron chi connectivity index (χ3n) is 3.05. The van der Waals surface area contributed by atoms with Crippen molar-refractivity contribution in [1.29, 1.82) is 0 Å². The Morgan fingerprint density at radius 3 is 2.39 bits per heavy atom. The van der Waals surface area contributed by atoms with E-state index in [2.05, 4.69) is 26.1 Å².